The number of likely N-dealkylation sites (N-methyl/N-ethyl adjacent to an activating group) is 1. The Hall–Kier alpha value is -1.45. The van der Waals surface area contributed by atoms with Crippen LogP contribution >= 0.6 is 11.8 Å². The van der Waals surface area contributed by atoms with Crippen LogP contribution in [0.5, 0.6) is 0 Å². The van der Waals surface area contributed by atoms with E-state index in [0.29, 0.717) is 6.04 Å². The number of hydrogen-bond acceptors (Lipinski definition) is 3. The van der Waals surface area contributed by atoms with Crippen LogP contribution in [-0.4, -0.2) is 13.6 Å². The number of nitrogens with one attached hydrogen (secondary N) is 2. The van der Waals surface area contributed by atoms with Gasteiger partial charge in [0.1, 0.15) is 0 Å². The van der Waals surface area contributed by atoms with Gasteiger partial charge in [-0.3, -0.25) is 0 Å². The minimum Gasteiger partial charge on any atom is -0.376 e. The molecule has 1 heterocycles. The van der Waals surface area contributed by atoms with Gasteiger partial charge in [0.15, 0.2) is 0 Å². The molecule has 18 heavy (non-hydrogen) atoms. The topological polar surface area (TPSA) is 24.1 Å². The Labute approximate surface area is 112 Å². The number of para-hydroxylation sites is 1. The summed E-state index contributed by atoms with van der Waals surface area (Å²) in [6, 6.07) is 17.4. The third kappa shape index (κ3) is 2.11. The fourth-order valence-corrected chi connectivity index (χ4v) is 3.38. The second-order valence-corrected chi connectivity index (χ2v) is 5.47. The van der Waals surface area contributed by atoms with E-state index in [9.17, 15) is 0 Å². The van der Waals surface area contributed by atoms with Crippen molar-refractivity contribution in [2.24, 2.45) is 0 Å². The highest BCUT2D eigenvalue weighted by molar-refractivity contribution is 7.99. The molecule has 1 atom stereocenters. The van der Waals surface area contributed by atoms with Gasteiger partial charge in [-0.05, 0) is 30.8 Å². The molecule has 0 spiro atoms. The Morgan fingerprint density at radius 2 is 1.78 bits per heavy atom. The van der Waals surface area contributed by atoms with Crippen LogP contribution in [0.1, 0.15) is 11.6 Å². The average Bonchev–Trinajstić information content (AvgIpc) is 2.56. The average molecular weight is 256 g/mol. The molecular formula is C15H16N2S. The summed E-state index contributed by atoms with van der Waals surface area (Å²) < 4.78 is 0. The van der Waals surface area contributed by atoms with E-state index in [1.165, 1.54) is 21.0 Å². The van der Waals surface area contributed by atoms with Gasteiger partial charge in [0.05, 0.1) is 6.04 Å². The van der Waals surface area contributed by atoms with Gasteiger partial charge in [-0.2, -0.15) is 0 Å². The third-order valence-electron chi connectivity index (χ3n) is 3.14. The minimum absolute atomic E-state index is 0.322. The number of benzene rings is 2. The Bertz CT molecular complexity index is 554. The third-order valence-corrected chi connectivity index (χ3v) is 4.31. The zero-order valence-corrected chi connectivity index (χ0v) is 11.1. The van der Waals surface area contributed by atoms with Crippen molar-refractivity contribution in [3.05, 3.63) is 54.1 Å². The maximum atomic E-state index is 3.63. The Morgan fingerprint density at radius 1 is 1.06 bits per heavy atom. The SMILES string of the molecule is CNCC1Nc2ccccc2Sc2ccccc21. The first kappa shape index (κ1) is 11.6. The van der Waals surface area contributed by atoms with E-state index in [1.807, 2.05) is 18.8 Å². The molecule has 0 saturated heterocycles. The molecule has 92 valence electrons. The number of fused-ring (bicyclic) bond motifs is 2. The summed E-state index contributed by atoms with van der Waals surface area (Å²) >= 11 is 1.84. The van der Waals surface area contributed by atoms with Crippen LogP contribution in [0.3, 0.4) is 0 Å². The van der Waals surface area contributed by atoms with E-state index < -0.39 is 0 Å². The molecule has 2 N–H and O–H groups in total. The fourth-order valence-electron chi connectivity index (χ4n) is 2.29. The molecule has 0 radical (unpaired) electrons. The second kappa shape index (κ2) is 5.04. The summed E-state index contributed by atoms with van der Waals surface area (Å²) in [6.45, 7) is 0.923. The lowest BCUT2D eigenvalue weighted by Gasteiger charge is -2.19. The van der Waals surface area contributed by atoms with E-state index in [4.69, 9.17) is 0 Å². The van der Waals surface area contributed by atoms with Gasteiger partial charge in [-0.25, -0.2) is 0 Å². The van der Waals surface area contributed by atoms with Crippen LogP contribution in [0, 0.1) is 0 Å². The molecule has 0 saturated carbocycles. The number of rotatable bonds is 2. The molecule has 1 unspecified atom stereocenters. The zero-order chi connectivity index (χ0) is 12.4. The van der Waals surface area contributed by atoms with Crippen molar-refractivity contribution >= 4 is 17.4 Å². The van der Waals surface area contributed by atoms with Crippen molar-refractivity contribution in [3.63, 3.8) is 0 Å². The van der Waals surface area contributed by atoms with Crippen molar-refractivity contribution < 1.29 is 0 Å². The van der Waals surface area contributed by atoms with E-state index in [1.54, 1.807) is 0 Å². The van der Waals surface area contributed by atoms with Crippen LogP contribution in [-0.2, 0) is 0 Å². The normalized spacial score (nSPS) is 17.3. The molecule has 2 aromatic rings. The predicted octanol–water partition coefficient (Wildman–Crippen LogP) is 3.52. The molecule has 3 heteroatoms. The van der Waals surface area contributed by atoms with Gasteiger partial charge in [0.2, 0.25) is 0 Å². The standard InChI is InChI=1S/C15H16N2S/c1-16-10-13-11-6-2-4-8-14(11)18-15-9-5-3-7-12(15)17-13/h2-9,13,16-17H,10H2,1H3. The van der Waals surface area contributed by atoms with Crippen LogP contribution in [0.25, 0.3) is 0 Å². The van der Waals surface area contributed by atoms with Crippen LogP contribution < -0.4 is 10.6 Å². The molecule has 0 aliphatic carbocycles. The first-order valence-corrected chi connectivity index (χ1v) is 6.97. The molecule has 1 aliphatic rings. The summed E-state index contributed by atoms with van der Waals surface area (Å²) in [5.41, 5.74) is 2.59. The molecule has 2 nitrogen and oxygen atoms in total. The van der Waals surface area contributed by atoms with Gasteiger partial charge in [-0.15, -0.1) is 0 Å². The lowest BCUT2D eigenvalue weighted by Crippen LogP contribution is -2.23. The van der Waals surface area contributed by atoms with E-state index in [0.717, 1.165) is 6.54 Å². The van der Waals surface area contributed by atoms with Gasteiger partial charge in [-0.1, -0.05) is 42.1 Å². The summed E-state index contributed by atoms with van der Waals surface area (Å²) in [5.74, 6) is 0. The largest absolute Gasteiger partial charge is 0.376 e. The highest BCUT2D eigenvalue weighted by Crippen LogP contribution is 2.41. The van der Waals surface area contributed by atoms with Crippen LogP contribution in [0.4, 0.5) is 5.69 Å². The summed E-state index contributed by atoms with van der Waals surface area (Å²) in [5, 5.41) is 6.90. The van der Waals surface area contributed by atoms with E-state index >= 15 is 0 Å². The van der Waals surface area contributed by atoms with Gasteiger partial charge in [0.25, 0.3) is 0 Å². The van der Waals surface area contributed by atoms with Gasteiger partial charge < -0.3 is 10.6 Å². The molecular weight excluding hydrogens is 240 g/mol. The quantitative estimate of drug-likeness (QED) is 0.859. The lowest BCUT2D eigenvalue weighted by atomic mass is 10.1. The Balaban J connectivity index is 2.08. The van der Waals surface area contributed by atoms with E-state index in [2.05, 4.69) is 59.2 Å². The van der Waals surface area contributed by atoms with Crippen molar-refractivity contribution in [3.8, 4) is 0 Å². The van der Waals surface area contributed by atoms with Crippen molar-refractivity contribution in [2.75, 3.05) is 18.9 Å². The first-order valence-electron chi connectivity index (χ1n) is 6.15. The predicted molar refractivity (Wildman–Crippen MR) is 77.3 cm³/mol. The lowest BCUT2D eigenvalue weighted by molar-refractivity contribution is 0.681. The van der Waals surface area contributed by atoms with Gasteiger partial charge >= 0.3 is 0 Å². The first-order chi connectivity index (χ1) is 8.88. The molecule has 3 rings (SSSR count). The van der Waals surface area contributed by atoms with Crippen molar-refractivity contribution in [2.45, 2.75) is 15.8 Å². The van der Waals surface area contributed by atoms with Gasteiger partial charge in [0, 0.05) is 22.0 Å². The second-order valence-electron chi connectivity index (χ2n) is 4.39. The highest BCUT2D eigenvalue weighted by atomic mass is 32.2. The van der Waals surface area contributed by atoms with E-state index in [-0.39, 0.29) is 0 Å². The number of hydrogen-bond donors (Lipinski definition) is 2. The smallest absolute Gasteiger partial charge is 0.0649 e. The maximum absolute atomic E-state index is 3.63. The molecule has 1 aliphatic heterocycles. The molecule has 0 amide bonds. The summed E-state index contributed by atoms with van der Waals surface area (Å²) in [7, 11) is 1.99. The fraction of sp³-hybridized carbons (Fsp3) is 0.200. The zero-order valence-electron chi connectivity index (χ0n) is 10.3. The summed E-state index contributed by atoms with van der Waals surface area (Å²) in [4.78, 5) is 2.64. The molecule has 0 fully saturated rings. The van der Waals surface area contributed by atoms with Crippen LogP contribution in [0.2, 0.25) is 0 Å². The highest BCUT2D eigenvalue weighted by Gasteiger charge is 2.20. The van der Waals surface area contributed by atoms with Crippen LogP contribution in [0.15, 0.2) is 58.3 Å². The molecule has 0 bridgehead atoms. The maximum Gasteiger partial charge on any atom is 0.0649 e. The van der Waals surface area contributed by atoms with Crippen molar-refractivity contribution in [1.29, 1.82) is 0 Å². The Kier molecular flexibility index (Phi) is 3.26. The van der Waals surface area contributed by atoms with Crippen molar-refractivity contribution in [1.82, 2.24) is 5.32 Å². The monoisotopic (exact) mass is 256 g/mol. The molecule has 0 aromatic heterocycles. The minimum atomic E-state index is 0.322. The number of anilines is 1. The molecule has 2 aromatic carbocycles. The Morgan fingerprint density at radius 3 is 2.61 bits per heavy atom. The summed E-state index contributed by atoms with van der Waals surface area (Å²) in [6.07, 6.45) is 0.